The number of carbonyl (C=O) groups excluding carboxylic acids is 7. The molecule has 0 saturated heterocycles. The summed E-state index contributed by atoms with van der Waals surface area (Å²) in [5.41, 5.74) is 15.4. The van der Waals surface area contributed by atoms with Gasteiger partial charge in [0, 0.05) is 0 Å². The van der Waals surface area contributed by atoms with Gasteiger partial charge in [-0.25, -0.2) is 49.5 Å². The number of aliphatic carboxylic acids is 1. The first-order valence-electron chi connectivity index (χ1n) is 21.0. The first kappa shape index (κ1) is 68.8. The Hall–Kier alpha value is -8.24. The number of aromatic hydroxyl groups is 1. The van der Waals surface area contributed by atoms with Gasteiger partial charge in [-0.2, -0.15) is 0 Å². The molecule has 75 heavy (non-hydrogen) atoms. The van der Waals surface area contributed by atoms with Crippen LogP contribution in [0.4, 0.5) is 35.1 Å². The Morgan fingerprint density at radius 3 is 1.12 bits per heavy atom. The summed E-state index contributed by atoms with van der Waals surface area (Å²) in [5.74, 6) is -19.8. The van der Waals surface area contributed by atoms with E-state index in [4.69, 9.17) is 41.6 Å². The van der Waals surface area contributed by atoms with Gasteiger partial charge < -0.3 is 61.6 Å². The predicted molar refractivity (Wildman–Crippen MR) is 250 cm³/mol. The Balaban J connectivity index is 0. The number of nitrogens with two attached hydrogens (primary N) is 4. The van der Waals surface area contributed by atoms with Crippen LogP contribution in [0.2, 0.25) is 0 Å². The highest BCUT2D eigenvalue weighted by molar-refractivity contribution is 9.09. The highest BCUT2D eigenvalue weighted by Crippen LogP contribution is 2.26. The molecule has 0 unspecified atom stereocenters. The van der Waals surface area contributed by atoms with Crippen LogP contribution in [0, 0.1) is 46.5 Å². The minimum atomic E-state index is -1.33. The van der Waals surface area contributed by atoms with Gasteiger partial charge in [0.15, 0.2) is 66.1 Å². The highest BCUT2D eigenvalue weighted by Gasteiger charge is 2.23. The number of carboxylic acid groups (broad SMARTS) is 1. The van der Waals surface area contributed by atoms with E-state index in [1.165, 1.54) is 7.11 Å². The molecule has 0 radical (unpaired) electrons. The zero-order valence-corrected chi connectivity index (χ0v) is 41.9. The molecular formula is C46H51BrF8N4O16. The molecule has 0 spiro atoms. The minimum Gasteiger partial charge on any atom is -0.505 e. The molecule has 4 rings (SSSR count). The van der Waals surface area contributed by atoms with Crippen LogP contribution in [-0.4, -0.2) is 104 Å². The number of phenolic OH excluding ortho intramolecular Hbond substituents is 1. The molecule has 4 amide bonds. The van der Waals surface area contributed by atoms with E-state index < -0.39 is 153 Å². The Labute approximate surface area is 430 Å². The molecule has 29 heteroatoms. The van der Waals surface area contributed by atoms with Crippen molar-refractivity contribution in [2.24, 2.45) is 22.9 Å². The predicted octanol–water partition coefficient (Wildman–Crippen LogP) is 6.06. The molecule has 0 aliphatic heterocycles. The van der Waals surface area contributed by atoms with Crippen LogP contribution in [0.15, 0.2) is 48.5 Å². The summed E-state index contributed by atoms with van der Waals surface area (Å²) >= 11 is 2.90. The van der Waals surface area contributed by atoms with Crippen molar-refractivity contribution in [3.8, 4) is 23.0 Å². The van der Waals surface area contributed by atoms with Crippen LogP contribution < -0.4 is 37.1 Å². The Kier molecular flexibility index (Phi) is 33.6. The number of alkyl halides is 1. The third kappa shape index (κ3) is 24.8. The number of primary amides is 4. The first-order chi connectivity index (χ1) is 35.2. The van der Waals surface area contributed by atoms with Gasteiger partial charge in [-0.1, -0.05) is 56.0 Å². The second-order valence-electron chi connectivity index (χ2n) is 13.2. The van der Waals surface area contributed by atoms with Gasteiger partial charge in [0.2, 0.25) is 0 Å². The number of esters is 3. The third-order valence-electron chi connectivity index (χ3n) is 8.09. The number of unbranched alkanes of at least 4 members (excludes halogenated alkanes) is 3. The van der Waals surface area contributed by atoms with E-state index in [1.54, 1.807) is 0 Å². The van der Waals surface area contributed by atoms with Gasteiger partial charge in [-0.3, -0.25) is 24.0 Å². The fraction of sp³-hybridized carbons (Fsp3) is 0.304. The lowest BCUT2D eigenvalue weighted by Gasteiger charge is -2.09. The van der Waals surface area contributed by atoms with Gasteiger partial charge in [-0.05, 0) is 55.0 Å². The number of phenols is 1. The van der Waals surface area contributed by atoms with E-state index in [0.717, 1.165) is 81.3 Å². The van der Waals surface area contributed by atoms with Crippen molar-refractivity contribution in [1.82, 2.24) is 0 Å². The van der Waals surface area contributed by atoms with Crippen molar-refractivity contribution in [2.45, 2.75) is 46.5 Å². The number of hydrogen-bond donors (Lipinski definition) is 6. The smallest absolute Gasteiger partial charge is 0.344 e. The lowest BCUT2D eigenvalue weighted by atomic mass is 10.1. The molecule has 0 aliphatic rings. The molecule has 20 nitrogen and oxygen atoms in total. The molecule has 4 aromatic rings. The topological polar surface area (TPSA) is 336 Å². The summed E-state index contributed by atoms with van der Waals surface area (Å²) in [7, 11) is 2.48. The molecule has 0 saturated carbocycles. The number of rotatable bonds is 19. The fourth-order valence-corrected chi connectivity index (χ4v) is 4.89. The van der Waals surface area contributed by atoms with Crippen molar-refractivity contribution in [3.05, 3.63) is 117 Å². The van der Waals surface area contributed by atoms with E-state index in [1.807, 2.05) is 13.8 Å². The van der Waals surface area contributed by atoms with Crippen molar-refractivity contribution in [3.63, 3.8) is 0 Å². The van der Waals surface area contributed by atoms with Crippen LogP contribution >= 0.6 is 15.9 Å². The average molecular weight is 1150 g/mol. The van der Waals surface area contributed by atoms with Crippen molar-refractivity contribution in [1.29, 1.82) is 0 Å². The van der Waals surface area contributed by atoms with Gasteiger partial charge >= 0.3 is 23.9 Å². The van der Waals surface area contributed by atoms with Crippen molar-refractivity contribution < 1.29 is 112 Å². The highest BCUT2D eigenvalue weighted by atomic mass is 79.9. The minimum absolute atomic E-state index is 0.241. The molecule has 0 fully saturated rings. The SMILES string of the molecule is CC.CCCCCCOC(=O)COc1ccc(F)c(C(N)=O)c1F.COC(=O)CBr.COC(=O)COc1ccc(F)c(C(N)=O)c1F.NC(=O)c1c(F)ccc(O)c1F.NC(=O)c1c(F)ccc(OCC(=O)O)c1F. The molecule has 0 heterocycles. The molecule has 0 atom stereocenters. The number of amides is 4. The van der Waals surface area contributed by atoms with Crippen LogP contribution in [0.5, 0.6) is 23.0 Å². The monoisotopic (exact) mass is 1150 g/mol. The summed E-state index contributed by atoms with van der Waals surface area (Å²) in [6.07, 6.45) is 3.84. The normalized spacial score (nSPS) is 9.63. The second-order valence-corrected chi connectivity index (χ2v) is 13.8. The maximum atomic E-state index is 13.8. The van der Waals surface area contributed by atoms with E-state index in [9.17, 15) is 73.5 Å². The number of methoxy groups -OCH3 is 2. The van der Waals surface area contributed by atoms with Gasteiger partial charge in [0.1, 0.15) is 50.9 Å². The Morgan fingerprint density at radius 1 is 0.493 bits per heavy atom. The number of carbonyl (C=O) groups is 8. The van der Waals surface area contributed by atoms with Crippen molar-refractivity contribution in [2.75, 3.05) is 46.0 Å². The van der Waals surface area contributed by atoms with E-state index >= 15 is 0 Å². The van der Waals surface area contributed by atoms with E-state index in [0.29, 0.717) is 0 Å². The van der Waals surface area contributed by atoms with Crippen LogP contribution in [0.3, 0.4) is 0 Å². The fourth-order valence-electron chi connectivity index (χ4n) is 4.66. The van der Waals surface area contributed by atoms with Crippen molar-refractivity contribution >= 4 is 63.4 Å². The van der Waals surface area contributed by atoms with Crippen LogP contribution in [-0.2, 0) is 33.4 Å². The van der Waals surface area contributed by atoms with Gasteiger partial charge in [0.25, 0.3) is 23.6 Å². The molecule has 0 bridgehead atoms. The summed E-state index contributed by atoms with van der Waals surface area (Å²) < 4.78 is 133. The summed E-state index contributed by atoms with van der Waals surface area (Å²) in [6, 6.07) is 6.78. The molecule has 0 aliphatic carbocycles. The third-order valence-corrected chi connectivity index (χ3v) is 8.55. The lowest BCUT2D eigenvalue weighted by molar-refractivity contribution is -0.146. The number of carboxylic acids is 1. The standard InChI is InChI=1S/C15H19F2NO4.C10H9F2NO4.C9H7F2NO4.C7H5F2NO2.C3H5BrO2.C2H6/c1-2-3-4-5-8-21-12(19)9-22-11-7-6-10(16)13(14(11)17)15(18)20;1-16-7(14)4-17-6-3-2-5(11)8(9(6)12)10(13)15;10-4-1-2-5(16-3-6(13)14)8(11)7(4)9(12)15;8-3-1-2-4(11)6(9)5(3)7(10)12;1-6-3(5)2-4;1-2/h6-7H,2-5,8-9H2,1H3,(H2,18,20);2-3H,4H2,1H3,(H2,13,15);1-2H,3H2,(H2,12,15)(H,13,14);1-2,11H,(H2,10,12);2H2,1H3;1-2H3. The van der Waals surface area contributed by atoms with Gasteiger partial charge in [-0.15, -0.1) is 0 Å². The van der Waals surface area contributed by atoms with E-state index in [2.05, 4.69) is 42.8 Å². The molecule has 414 valence electrons. The molecule has 4 aromatic carbocycles. The molecular weight excluding hydrogens is 1100 g/mol. The first-order valence-corrected chi connectivity index (χ1v) is 22.1. The largest absolute Gasteiger partial charge is 0.505 e. The Morgan fingerprint density at radius 2 is 0.827 bits per heavy atom. The number of halogens is 9. The maximum absolute atomic E-state index is 13.8. The molecule has 10 N–H and O–H groups in total. The van der Waals surface area contributed by atoms with E-state index in [-0.39, 0.29) is 17.9 Å². The zero-order chi connectivity index (χ0) is 58.1. The summed E-state index contributed by atoms with van der Waals surface area (Å²) in [5, 5.41) is 17.3. The second kappa shape index (κ2) is 36.6. The lowest BCUT2D eigenvalue weighted by Crippen LogP contribution is -2.19. The molecule has 0 aromatic heterocycles. The zero-order valence-electron chi connectivity index (χ0n) is 40.3. The van der Waals surface area contributed by atoms with Crippen LogP contribution in [0.1, 0.15) is 87.9 Å². The number of ether oxygens (including phenoxy) is 6. The quantitative estimate of drug-likeness (QED) is 0.0204. The van der Waals surface area contributed by atoms with Gasteiger partial charge in [0.05, 0.1) is 20.8 Å². The number of benzene rings is 4. The summed E-state index contributed by atoms with van der Waals surface area (Å²) in [4.78, 5) is 85.1. The maximum Gasteiger partial charge on any atom is 0.344 e. The Bertz CT molecular complexity index is 2590. The summed E-state index contributed by atoms with van der Waals surface area (Å²) in [6.45, 7) is 4.44. The average Bonchev–Trinajstić information content (AvgIpc) is 3.35. The number of hydrogen-bond acceptors (Lipinski definition) is 15. The van der Waals surface area contributed by atoms with Crippen LogP contribution in [0.25, 0.3) is 0 Å².